The fourth-order valence-corrected chi connectivity index (χ4v) is 2.85. The highest BCUT2D eigenvalue weighted by Gasteiger charge is 2.20. The maximum absolute atomic E-state index is 10.4. The molecule has 118 valence electrons. The molecular formula is C17H28N2O2. The van der Waals surface area contributed by atoms with E-state index in [1.807, 2.05) is 13.0 Å². The van der Waals surface area contributed by atoms with E-state index < -0.39 is 6.10 Å². The van der Waals surface area contributed by atoms with Crippen LogP contribution in [-0.4, -0.2) is 65.4 Å². The molecule has 4 nitrogen and oxygen atoms in total. The van der Waals surface area contributed by atoms with Gasteiger partial charge in [-0.05, 0) is 37.5 Å². The first kappa shape index (κ1) is 16.4. The first-order valence-electron chi connectivity index (χ1n) is 7.83. The van der Waals surface area contributed by atoms with E-state index in [1.165, 1.54) is 11.1 Å². The van der Waals surface area contributed by atoms with Gasteiger partial charge in [-0.25, -0.2) is 0 Å². The van der Waals surface area contributed by atoms with Crippen molar-refractivity contribution in [2.24, 2.45) is 0 Å². The topological polar surface area (TPSA) is 46.9 Å². The van der Waals surface area contributed by atoms with Gasteiger partial charge in [0.05, 0.1) is 12.2 Å². The number of hydrogen-bond donors (Lipinski definition) is 2. The molecule has 1 aromatic rings. The van der Waals surface area contributed by atoms with Gasteiger partial charge in [0.15, 0.2) is 0 Å². The second-order valence-corrected chi connectivity index (χ2v) is 6.31. The molecule has 0 aromatic heterocycles. The minimum Gasteiger partial charge on any atom is -0.392 e. The molecule has 2 atom stereocenters. The number of β-amino-alcohol motifs (C(OH)–C–C–N with tert-alkyl or cyclic N) is 2. The summed E-state index contributed by atoms with van der Waals surface area (Å²) >= 11 is 0. The zero-order valence-corrected chi connectivity index (χ0v) is 13.4. The van der Waals surface area contributed by atoms with Crippen LogP contribution in [0.15, 0.2) is 18.2 Å². The fourth-order valence-electron chi connectivity index (χ4n) is 2.85. The van der Waals surface area contributed by atoms with Gasteiger partial charge in [-0.1, -0.05) is 18.2 Å². The van der Waals surface area contributed by atoms with E-state index in [4.69, 9.17) is 0 Å². The van der Waals surface area contributed by atoms with E-state index in [-0.39, 0.29) is 6.10 Å². The molecule has 1 saturated heterocycles. The molecule has 0 unspecified atom stereocenters. The quantitative estimate of drug-likeness (QED) is 0.860. The van der Waals surface area contributed by atoms with Crippen LogP contribution in [0.2, 0.25) is 0 Å². The second kappa shape index (κ2) is 7.36. The molecule has 0 aliphatic carbocycles. The summed E-state index contributed by atoms with van der Waals surface area (Å²) in [6.45, 7) is 11.3. The second-order valence-electron chi connectivity index (χ2n) is 6.31. The first-order valence-corrected chi connectivity index (χ1v) is 7.83. The largest absolute Gasteiger partial charge is 0.392 e. The lowest BCUT2D eigenvalue weighted by Crippen LogP contribution is -2.49. The van der Waals surface area contributed by atoms with Gasteiger partial charge in [0, 0.05) is 39.3 Å². The van der Waals surface area contributed by atoms with Gasteiger partial charge in [0.1, 0.15) is 0 Å². The maximum atomic E-state index is 10.4. The Hall–Kier alpha value is -0.940. The van der Waals surface area contributed by atoms with Crippen LogP contribution in [0.1, 0.15) is 29.7 Å². The van der Waals surface area contributed by atoms with Crippen molar-refractivity contribution >= 4 is 0 Å². The number of benzene rings is 1. The van der Waals surface area contributed by atoms with E-state index in [0.29, 0.717) is 6.54 Å². The Morgan fingerprint density at radius 2 is 1.52 bits per heavy atom. The van der Waals surface area contributed by atoms with Crippen LogP contribution >= 0.6 is 0 Å². The smallest absolute Gasteiger partial charge is 0.0917 e. The van der Waals surface area contributed by atoms with Crippen LogP contribution in [-0.2, 0) is 0 Å². The lowest BCUT2D eigenvalue weighted by Gasteiger charge is -2.36. The number of piperazine rings is 1. The third-order valence-electron chi connectivity index (χ3n) is 4.33. The highest BCUT2D eigenvalue weighted by molar-refractivity contribution is 5.31. The Morgan fingerprint density at radius 3 is 2.05 bits per heavy atom. The van der Waals surface area contributed by atoms with Crippen LogP contribution in [0.3, 0.4) is 0 Å². The summed E-state index contributed by atoms with van der Waals surface area (Å²) in [6, 6.07) is 6.19. The summed E-state index contributed by atoms with van der Waals surface area (Å²) in [5.41, 5.74) is 3.50. The number of aliphatic hydroxyl groups is 2. The Labute approximate surface area is 128 Å². The van der Waals surface area contributed by atoms with Crippen molar-refractivity contribution in [1.82, 2.24) is 9.80 Å². The molecule has 1 aliphatic heterocycles. The minimum atomic E-state index is -0.424. The molecule has 2 rings (SSSR count). The highest BCUT2D eigenvalue weighted by Crippen LogP contribution is 2.18. The van der Waals surface area contributed by atoms with Crippen molar-refractivity contribution < 1.29 is 10.2 Å². The molecule has 1 aromatic carbocycles. The van der Waals surface area contributed by atoms with Gasteiger partial charge >= 0.3 is 0 Å². The van der Waals surface area contributed by atoms with E-state index >= 15 is 0 Å². The summed E-state index contributed by atoms with van der Waals surface area (Å²) in [5.74, 6) is 0. The first-order chi connectivity index (χ1) is 9.95. The van der Waals surface area contributed by atoms with Crippen LogP contribution in [0.4, 0.5) is 0 Å². The molecule has 0 bridgehead atoms. The van der Waals surface area contributed by atoms with E-state index in [2.05, 4.69) is 35.8 Å². The van der Waals surface area contributed by atoms with Crippen molar-refractivity contribution in [2.75, 3.05) is 39.3 Å². The van der Waals surface area contributed by atoms with Crippen LogP contribution in [0.25, 0.3) is 0 Å². The molecule has 1 fully saturated rings. The number of aliphatic hydroxyl groups excluding tert-OH is 2. The molecule has 1 heterocycles. The van der Waals surface area contributed by atoms with Gasteiger partial charge in [-0.2, -0.15) is 0 Å². The van der Waals surface area contributed by atoms with E-state index in [0.717, 1.165) is 38.3 Å². The van der Waals surface area contributed by atoms with Crippen molar-refractivity contribution in [2.45, 2.75) is 33.0 Å². The van der Waals surface area contributed by atoms with Gasteiger partial charge in [-0.3, -0.25) is 9.80 Å². The summed E-state index contributed by atoms with van der Waals surface area (Å²) in [5, 5.41) is 19.8. The number of hydrogen-bond acceptors (Lipinski definition) is 4. The zero-order chi connectivity index (χ0) is 15.4. The lowest BCUT2D eigenvalue weighted by atomic mass is 10.0. The number of nitrogens with zero attached hydrogens (tertiary/aromatic N) is 2. The third kappa shape index (κ3) is 4.78. The standard InChI is InChI=1S/C17H28N2O2/c1-13-4-5-16(10-14(13)2)17(21)12-19-8-6-18(7-9-19)11-15(3)20/h4-5,10,15,17,20-21H,6-9,11-12H2,1-3H3/t15-,17-/m1/s1. The highest BCUT2D eigenvalue weighted by atomic mass is 16.3. The van der Waals surface area contributed by atoms with Gasteiger partial charge < -0.3 is 10.2 Å². The maximum Gasteiger partial charge on any atom is 0.0917 e. The third-order valence-corrected chi connectivity index (χ3v) is 4.33. The molecule has 2 N–H and O–H groups in total. The molecular weight excluding hydrogens is 264 g/mol. The fraction of sp³-hybridized carbons (Fsp3) is 0.647. The number of rotatable bonds is 5. The van der Waals surface area contributed by atoms with Gasteiger partial charge in [0.25, 0.3) is 0 Å². The average molecular weight is 292 g/mol. The summed E-state index contributed by atoms with van der Waals surface area (Å²) in [7, 11) is 0. The summed E-state index contributed by atoms with van der Waals surface area (Å²) < 4.78 is 0. The molecule has 0 spiro atoms. The predicted octanol–water partition coefficient (Wildman–Crippen LogP) is 1.34. The Balaban J connectivity index is 1.84. The van der Waals surface area contributed by atoms with E-state index in [9.17, 15) is 10.2 Å². The Bertz CT molecular complexity index is 454. The minimum absolute atomic E-state index is 0.266. The van der Waals surface area contributed by atoms with E-state index in [1.54, 1.807) is 0 Å². The average Bonchev–Trinajstić information content (AvgIpc) is 2.43. The van der Waals surface area contributed by atoms with Crippen LogP contribution in [0.5, 0.6) is 0 Å². The van der Waals surface area contributed by atoms with Crippen molar-refractivity contribution in [3.8, 4) is 0 Å². The summed E-state index contributed by atoms with van der Waals surface area (Å²) in [4.78, 5) is 4.59. The molecule has 21 heavy (non-hydrogen) atoms. The summed E-state index contributed by atoms with van der Waals surface area (Å²) in [6.07, 6.45) is -0.690. The SMILES string of the molecule is Cc1ccc([C@H](O)CN2CCN(C[C@@H](C)O)CC2)cc1C. The molecule has 0 amide bonds. The zero-order valence-electron chi connectivity index (χ0n) is 13.4. The molecule has 4 heteroatoms. The van der Waals surface area contributed by atoms with Crippen molar-refractivity contribution in [1.29, 1.82) is 0 Å². The monoisotopic (exact) mass is 292 g/mol. The van der Waals surface area contributed by atoms with Crippen molar-refractivity contribution in [3.05, 3.63) is 34.9 Å². The normalized spacial score (nSPS) is 20.4. The Morgan fingerprint density at radius 1 is 0.952 bits per heavy atom. The molecule has 0 saturated carbocycles. The van der Waals surface area contributed by atoms with Crippen LogP contribution < -0.4 is 0 Å². The van der Waals surface area contributed by atoms with Crippen molar-refractivity contribution in [3.63, 3.8) is 0 Å². The van der Waals surface area contributed by atoms with Gasteiger partial charge in [0.2, 0.25) is 0 Å². The Kier molecular flexibility index (Phi) is 5.76. The molecule has 0 radical (unpaired) electrons. The lowest BCUT2D eigenvalue weighted by molar-refractivity contribution is 0.0526. The molecule has 1 aliphatic rings. The predicted molar refractivity (Wildman–Crippen MR) is 85.4 cm³/mol. The van der Waals surface area contributed by atoms with Crippen LogP contribution in [0, 0.1) is 13.8 Å². The number of aryl methyl sites for hydroxylation is 2. The van der Waals surface area contributed by atoms with Gasteiger partial charge in [-0.15, -0.1) is 0 Å².